The van der Waals surface area contributed by atoms with Crippen LogP contribution in [0, 0.1) is 0 Å². The van der Waals surface area contributed by atoms with Crippen LogP contribution in [0.15, 0.2) is 9.59 Å². The summed E-state index contributed by atoms with van der Waals surface area (Å²) in [5.74, 6) is 0.605. The van der Waals surface area contributed by atoms with E-state index in [1.54, 1.807) is 18.7 Å². The molecule has 0 saturated heterocycles. The Morgan fingerprint density at radius 3 is 2.57 bits per heavy atom. The van der Waals surface area contributed by atoms with Crippen molar-refractivity contribution in [3.05, 3.63) is 20.8 Å². The molecule has 2 aromatic heterocycles. The van der Waals surface area contributed by atoms with Crippen LogP contribution in [0.1, 0.15) is 25.7 Å². The van der Waals surface area contributed by atoms with Gasteiger partial charge < -0.3 is 15.6 Å². The maximum atomic E-state index is 11.9. The Kier molecular flexibility index (Phi) is 4.79. The van der Waals surface area contributed by atoms with Crippen LogP contribution in [0.25, 0.3) is 11.2 Å². The molecule has 8 heteroatoms. The van der Waals surface area contributed by atoms with Crippen LogP contribution in [0.3, 0.4) is 0 Å². The van der Waals surface area contributed by atoms with Crippen LogP contribution < -0.4 is 22.3 Å². The number of nitrogens with one attached hydrogen (secondary N) is 2. The molecule has 2 aromatic rings. The number of imidazole rings is 1. The van der Waals surface area contributed by atoms with Gasteiger partial charge in [0.05, 0.1) is 6.54 Å². The number of hydrogen-bond acceptors (Lipinski definition) is 4. The van der Waals surface area contributed by atoms with Crippen molar-refractivity contribution in [2.75, 3.05) is 18.4 Å². The number of quaternary nitrogens is 1. The van der Waals surface area contributed by atoms with E-state index in [9.17, 15) is 9.59 Å². The number of unbranched alkanes of at least 4 members (excludes halogenated alkanes) is 3. The third kappa shape index (κ3) is 3.15. The van der Waals surface area contributed by atoms with E-state index < -0.39 is 11.2 Å². The van der Waals surface area contributed by atoms with Crippen molar-refractivity contribution in [3.8, 4) is 0 Å². The number of aromatic amines is 1. The van der Waals surface area contributed by atoms with Crippen molar-refractivity contribution in [1.29, 1.82) is 0 Å². The fourth-order valence-electron chi connectivity index (χ4n) is 2.32. The summed E-state index contributed by atoms with van der Waals surface area (Å²) in [7, 11) is 3.36. The maximum absolute atomic E-state index is 11.9. The Balaban J connectivity index is 2.13. The zero-order chi connectivity index (χ0) is 15.4. The second-order valence-corrected chi connectivity index (χ2v) is 5.18. The van der Waals surface area contributed by atoms with Crippen molar-refractivity contribution in [3.63, 3.8) is 0 Å². The van der Waals surface area contributed by atoms with Crippen LogP contribution in [0.2, 0.25) is 0 Å². The summed E-state index contributed by atoms with van der Waals surface area (Å²) in [6, 6.07) is 0. The molecule has 0 saturated carbocycles. The van der Waals surface area contributed by atoms with Crippen molar-refractivity contribution < 1.29 is 5.73 Å². The monoisotopic (exact) mass is 295 g/mol. The Morgan fingerprint density at radius 1 is 1.14 bits per heavy atom. The zero-order valence-electron chi connectivity index (χ0n) is 12.6. The van der Waals surface area contributed by atoms with Gasteiger partial charge in [-0.2, -0.15) is 4.98 Å². The van der Waals surface area contributed by atoms with Crippen LogP contribution in [-0.2, 0) is 14.1 Å². The highest BCUT2D eigenvalue weighted by Gasteiger charge is 2.14. The standard InChI is InChI=1S/C13H22N6O2/c1-18-9-10(19(2)13(21)17-11(9)20)16-12(18)15-8-6-4-3-5-7-14/h3-8,14H2,1-2H3,(H,15,16)(H,17,20,21)/p+1. The molecule has 0 aliphatic heterocycles. The fourth-order valence-corrected chi connectivity index (χ4v) is 2.32. The Bertz CT molecular complexity index is 727. The molecular weight excluding hydrogens is 272 g/mol. The van der Waals surface area contributed by atoms with E-state index in [4.69, 9.17) is 0 Å². The van der Waals surface area contributed by atoms with E-state index in [1.165, 1.54) is 11.0 Å². The molecule has 0 aromatic carbocycles. The van der Waals surface area contributed by atoms with Crippen LogP contribution in [0.5, 0.6) is 0 Å². The van der Waals surface area contributed by atoms with Gasteiger partial charge in [0.25, 0.3) is 5.56 Å². The van der Waals surface area contributed by atoms with Crippen molar-refractivity contribution in [2.24, 2.45) is 14.1 Å². The number of rotatable bonds is 7. The predicted octanol–water partition coefficient (Wildman–Crippen LogP) is -0.825. The summed E-state index contributed by atoms with van der Waals surface area (Å²) in [5, 5.41) is 3.22. The molecular formula is C13H23N6O2+. The molecule has 0 amide bonds. The summed E-state index contributed by atoms with van der Waals surface area (Å²) in [6.45, 7) is 1.77. The molecule has 2 rings (SSSR count). The molecule has 0 aliphatic rings. The van der Waals surface area contributed by atoms with Gasteiger partial charge in [-0.3, -0.25) is 14.3 Å². The normalized spacial score (nSPS) is 11.2. The molecule has 8 nitrogen and oxygen atoms in total. The number of aromatic nitrogens is 4. The second kappa shape index (κ2) is 6.57. The number of aryl methyl sites for hydroxylation is 2. The lowest BCUT2D eigenvalue weighted by molar-refractivity contribution is -0.368. The first kappa shape index (κ1) is 15.3. The highest BCUT2D eigenvalue weighted by Crippen LogP contribution is 2.12. The minimum absolute atomic E-state index is 0.394. The first-order valence-corrected chi connectivity index (χ1v) is 7.25. The quantitative estimate of drug-likeness (QED) is 0.579. The largest absolute Gasteiger partial charge is 0.358 e. The van der Waals surface area contributed by atoms with Gasteiger partial charge in [-0.15, -0.1) is 0 Å². The van der Waals surface area contributed by atoms with E-state index >= 15 is 0 Å². The van der Waals surface area contributed by atoms with Crippen molar-refractivity contribution in [2.45, 2.75) is 25.7 Å². The highest BCUT2D eigenvalue weighted by atomic mass is 16.2. The Labute approximate surface area is 122 Å². The molecule has 21 heavy (non-hydrogen) atoms. The van der Waals surface area contributed by atoms with Crippen LogP contribution in [0.4, 0.5) is 5.95 Å². The Morgan fingerprint density at radius 2 is 1.86 bits per heavy atom. The number of hydrogen-bond donors (Lipinski definition) is 3. The third-order valence-corrected chi connectivity index (χ3v) is 3.59. The molecule has 0 atom stereocenters. The topological polar surface area (TPSA) is 112 Å². The van der Waals surface area contributed by atoms with E-state index in [0.29, 0.717) is 17.1 Å². The van der Waals surface area contributed by atoms with E-state index in [0.717, 1.165) is 32.4 Å². The first-order valence-electron chi connectivity index (χ1n) is 7.25. The SMILES string of the molecule is Cn1c(NCCCCCC[NH3+])nc2c1c(=O)[nH]c(=O)n2C. The number of anilines is 1. The lowest BCUT2D eigenvalue weighted by atomic mass is 10.2. The molecule has 0 bridgehead atoms. The van der Waals surface area contributed by atoms with Gasteiger partial charge >= 0.3 is 5.69 Å². The Hall–Kier alpha value is -2.09. The van der Waals surface area contributed by atoms with E-state index in [1.807, 2.05) is 0 Å². The van der Waals surface area contributed by atoms with Crippen molar-refractivity contribution >= 4 is 17.1 Å². The van der Waals surface area contributed by atoms with E-state index in [2.05, 4.69) is 21.0 Å². The molecule has 0 unspecified atom stereocenters. The van der Waals surface area contributed by atoms with Gasteiger partial charge in [0, 0.05) is 20.6 Å². The average Bonchev–Trinajstić information content (AvgIpc) is 2.78. The molecule has 0 spiro atoms. The summed E-state index contributed by atoms with van der Waals surface area (Å²) in [6.07, 6.45) is 4.52. The number of H-pyrrole nitrogens is 1. The average molecular weight is 295 g/mol. The molecule has 0 aliphatic carbocycles. The molecule has 5 N–H and O–H groups in total. The number of nitrogens with zero attached hydrogens (tertiary/aromatic N) is 3. The van der Waals surface area contributed by atoms with Gasteiger partial charge in [-0.1, -0.05) is 6.42 Å². The van der Waals surface area contributed by atoms with Crippen molar-refractivity contribution in [1.82, 2.24) is 19.1 Å². The summed E-state index contributed by atoms with van der Waals surface area (Å²) >= 11 is 0. The predicted molar refractivity (Wildman–Crippen MR) is 81.3 cm³/mol. The van der Waals surface area contributed by atoms with Gasteiger partial charge in [0.1, 0.15) is 0 Å². The van der Waals surface area contributed by atoms with Gasteiger partial charge in [-0.25, -0.2) is 4.79 Å². The summed E-state index contributed by atoms with van der Waals surface area (Å²) in [5.41, 5.74) is 3.75. The van der Waals surface area contributed by atoms with Crippen LogP contribution in [-0.4, -0.2) is 32.2 Å². The minimum Gasteiger partial charge on any atom is -0.358 e. The molecule has 116 valence electrons. The third-order valence-electron chi connectivity index (χ3n) is 3.59. The highest BCUT2D eigenvalue weighted by molar-refractivity contribution is 5.73. The molecule has 0 radical (unpaired) electrons. The van der Waals surface area contributed by atoms with Gasteiger partial charge in [-0.05, 0) is 19.3 Å². The summed E-state index contributed by atoms with van der Waals surface area (Å²) in [4.78, 5) is 30.1. The number of fused-ring (bicyclic) bond motifs is 1. The first-order chi connectivity index (χ1) is 10.1. The maximum Gasteiger partial charge on any atom is 0.329 e. The lowest BCUT2D eigenvalue weighted by Gasteiger charge is -2.05. The molecule has 0 fully saturated rings. The van der Waals surface area contributed by atoms with Gasteiger partial charge in [0.2, 0.25) is 5.95 Å². The molecule has 2 heterocycles. The van der Waals surface area contributed by atoms with Gasteiger partial charge in [0.15, 0.2) is 11.2 Å². The zero-order valence-corrected chi connectivity index (χ0v) is 12.6. The summed E-state index contributed by atoms with van der Waals surface area (Å²) < 4.78 is 3.03. The smallest absolute Gasteiger partial charge is 0.329 e. The van der Waals surface area contributed by atoms with E-state index in [-0.39, 0.29) is 0 Å². The lowest BCUT2D eigenvalue weighted by Crippen LogP contribution is -2.50. The fraction of sp³-hybridized carbons (Fsp3) is 0.615. The minimum atomic E-state index is -0.453. The second-order valence-electron chi connectivity index (χ2n) is 5.18. The van der Waals surface area contributed by atoms with Crippen LogP contribution >= 0.6 is 0 Å².